The van der Waals surface area contributed by atoms with Gasteiger partial charge in [0.2, 0.25) is 0 Å². The van der Waals surface area contributed by atoms with Crippen LogP contribution in [0.1, 0.15) is 11.1 Å². The van der Waals surface area contributed by atoms with E-state index < -0.39 is 0 Å². The van der Waals surface area contributed by atoms with Gasteiger partial charge in [-0.1, -0.05) is 0 Å². The van der Waals surface area contributed by atoms with E-state index in [1.165, 1.54) is 0 Å². The fraction of sp³-hybridized carbons (Fsp3) is 0.455. The predicted molar refractivity (Wildman–Crippen MR) is 108 cm³/mol. The number of benzene rings is 2. The van der Waals surface area contributed by atoms with Crippen LogP contribution in [0.3, 0.4) is 0 Å². The molecular weight excluding hydrogens is 360 g/mol. The largest absolute Gasteiger partial charge is 0.497 e. The first-order valence-electron chi connectivity index (χ1n) is 9.29. The summed E-state index contributed by atoms with van der Waals surface area (Å²) in [6, 6.07) is 11.5. The van der Waals surface area contributed by atoms with Gasteiger partial charge in [-0.25, -0.2) is 0 Å². The molecule has 6 heteroatoms. The molecule has 0 aliphatic carbocycles. The third kappa shape index (κ3) is 6.62. The molecule has 0 bridgehead atoms. The maximum Gasteiger partial charge on any atom is 0.122 e. The molecule has 0 aromatic heterocycles. The molecule has 2 aromatic rings. The van der Waals surface area contributed by atoms with Crippen molar-refractivity contribution in [3.63, 3.8) is 0 Å². The molecule has 0 amide bonds. The third-order valence-corrected chi connectivity index (χ3v) is 4.38. The van der Waals surface area contributed by atoms with Crippen LogP contribution in [-0.4, -0.2) is 54.9 Å². The van der Waals surface area contributed by atoms with Crippen LogP contribution in [0.2, 0.25) is 0 Å². The Morgan fingerprint density at radius 2 is 0.964 bits per heavy atom. The zero-order valence-electron chi connectivity index (χ0n) is 17.2. The highest BCUT2D eigenvalue weighted by Crippen LogP contribution is 2.25. The molecule has 0 aliphatic rings. The molecule has 0 saturated carbocycles. The fourth-order valence-corrected chi connectivity index (χ4v) is 2.84. The minimum absolute atomic E-state index is 0.543. The smallest absolute Gasteiger partial charge is 0.122 e. The topological polar surface area (TPSA) is 55.4 Å². The van der Waals surface area contributed by atoms with Gasteiger partial charge < -0.3 is 28.4 Å². The lowest BCUT2D eigenvalue weighted by Gasteiger charge is -2.12. The van der Waals surface area contributed by atoms with Gasteiger partial charge in [-0.05, 0) is 49.2 Å². The van der Waals surface area contributed by atoms with Crippen LogP contribution in [0.15, 0.2) is 36.4 Å². The van der Waals surface area contributed by atoms with Gasteiger partial charge in [0.25, 0.3) is 0 Å². The molecule has 2 rings (SSSR count). The molecule has 0 fully saturated rings. The van der Waals surface area contributed by atoms with E-state index in [2.05, 4.69) is 0 Å². The standard InChI is InChI=1S/C22H30O6/c1-23-19-5-7-21(25-3)17(15-19)9-11-27-13-14-28-12-10-18-16-20(24-2)6-8-22(18)26-4/h5-8,15-16H,9-14H2,1-4H3. The number of ether oxygens (including phenoxy) is 6. The Balaban J connectivity index is 1.65. The first kappa shape index (κ1) is 21.9. The summed E-state index contributed by atoms with van der Waals surface area (Å²) >= 11 is 0. The Bertz CT molecular complexity index is 655. The van der Waals surface area contributed by atoms with E-state index in [-0.39, 0.29) is 0 Å². The van der Waals surface area contributed by atoms with Crippen LogP contribution >= 0.6 is 0 Å². The number of hydrogen-bond donors (Lipinski definition) is 0. The summed E-state index contributed by atoms with van der Waals surface area (Å²) < 4.78 is 32.6. The zero-order chi connectivity index (χ0) is 20.2. The van der Waals surface area contributed by atoms with Crippen LogP contribution < -0.4 is 18.9 Å². The quantitative estimate of drug-likeness (QED) is 0.488. The van der Waals surface area contributed by atoms with Crippen molar-refractivity contribution in [2.45, 2.75) is 12.8 Å². The van der Waals surface area contributed by atoms with Crippen LogP contribution in [0.4, 0.5) is 0 Å². The van der Waals surface area contributed by atoms with Gasteiger partial charge >= 0.3 is 0 Å². The second-order valence-electron chi connectivity index (χ2n) is 6.08. The third-order valence-electron chi connectivity index (χ3n) is 4.38. The Labute approximate surface area is 167 Å². The molecule has 0 atom stereocenters. The summed E-state index contributed by atoms with van der Waals surface area (Å²) in [6.45, 7) is 2.27. The average molecular weight is 390 g/mol. The van der Waals surface area contributed by atoms with Gasteiger partial charge in [-0.15, -0.1) is 0 Å². The highest BCUT2D eigenvalue weighted by molar-refractivity contribution is 5.41. The monoisotopic (exact) mass is 390 g/mol. The lowest BCUT2D eigenvalue weighted by atomic mass is 10.1. The van der Waals surface area contributed by atoms with Crippen LogP contribution in [-0.2, 0) is 22.3 Å². The molecule has 0 aliphatic heterocycles. The lowest BCUT2D eigenvalue weighted by Crippen LogP contribution is -2.09. The Morgan fingerprint density at radius 3 is 1.32 bits per heavy atom. The van der Waals surface area contributed by atoms with Gasteiger partial charge in [0, 0.05) is 11.1 Å². The fourth-order valence-electron chi connectivity index (χ4n) is 2.84. The van der Waals surface area contributed by atoms with E-state index in [0.29, 0.717) is 26.4 Å². The van der Waals surface area contributed by atoms with E-state index >= 15 is 0 Å². The molecule has 2 aromatic carbocycles. The van der Waals surface area contributed by atoms with Crippen molar-refractivity contribution in [3.8, 4) is 23.0 Å². The van der Waals surface area contributed by atoms with Crippen molar-refractivity contribution < 1.29 is 28.4 Å². The number of hydrogen-bond acceptors (Lipinski definition) is 6. The highest BCUT2D eigenvalue weighted by Gasteiger charge is 2.06. The molecule has 154 valence electrons. The van der Waals surface area contributed by atoms with Crippen molar-refractivity contribution in [1.82, 2.24) is 0 Å². The maximum atomic E-state index is 5.68. The van der Waals surface area contributed by atoms with Crippen molar-refractivity contribution in [1.29, 1.82) is 0 Å². The minimum Gasteiger partial charge on any atom is -0.497 e. The van der Waals surface area contributed by atoms with E-state index in [4.69, 9.17) is 28.4 Å². The molecule has 0 spiro atoms. The molecule has 0 saturated heterocycles. The predicted octanol–water partition coefficient (Wildman–Crippen LogP) is 3.54. The normalized spacial score (nSPS) is 10.6. The SMILES string of the molecule is COc1ccc(OC)c(CCOCCOCCc2cc(OC)ccc2OC)c1. The van der Waals surface area contributed by atoms with E-state index in [1.54, 1.807) is 28.4 Å². The van der Waals surface area contributed by atoms with Crippen molar-refractivity contribution in [3.05, 3.63) is 47.5 Å². The van der Waals surface area contributed by atoms with Gasteiger partial charge in [-0.3, -0.25) is 0 Å². The Hall–Kier alpha value is -2.44. The second-order valence-corrected chi connectivity index (χ2v) is 6.08. The van der Waals surface area contributed by atoms with Crippen molar-refractivity contribution >= 4 is 0 Å². The maximum absolute atomic E-state index is 5.68. The van der Waals surface area contributed by atoms with E-state index in [9.17, 15) is 0 Å². The van der Waals surface area contributed by atoms with Crippen LogP contribution in [0, 0.1) is 0 Å². The van der Waals surface area contributed by atoms with Crippen LogP contribution in [0.5, 0.6) is 23.0 Å². The first-order valence-corrected chi connectivity index (χ1v) is 9.29. The van der Waals surface area contributed by atoms with Crippen molar-refractivity contribution in [2.24, 2.45) is 0 Å². The summed E-state index contributed by atoms with van der Waals surface area (Å²) in [7, 11) is 6.63. The average Bonchev–Trinajstić information content (AvgIpc) is 2.75. The molecular formula is C22H30O6. The molecule has 0 N–H and O–H groups in total. The van der Waals surface area contributed by atoms with Crippen molar-refractivity contribution in [2.75, 3.05) is 54.9 Å². The molecule has 0 heterocycles. The summed E-state index contributed by atoms with van der Waals surface area (Å²) in [5.74, 6) is 3.31. The summed E-state index contributed by atoms with van der Waals surface area (Å²) in [4.78, 5) is 0. The molecule has 6 nitrogen and oxygen atoms in total. The number of rotatable bonds is 13. The van der Waals surface area contributed by atoms with Gasteiger partial charge in [-0.2, -0.15) is 0 Å². The van der Waals surface area contributed by atoms with Gasteiger partial charge in [0.1, 0.15) is 23.0 Å². The summed E-state index contributed by atoms with van der Waals surface area (Å²) in [5.41, 5.74) is 2.13. The highest BCUT2D eigenvalue weighted by atomic mass is 16.5. The minimum atomic E-state index is 0.543. The Kier molecular flexibility index (Phi) is 9.45. The van der Waals surface area contributed by atoms with E-state index in [0.717, 1.165) is 47.0 Å². The lowest BCUT2D eigenvalue weighted by molar-refractivity contribution is 0.0498. The summed E-state index contributed by atoms with van der Waals surface area (Å²) in [6.07, 6.45) is 1.50. The van der Waals surface area contributed by atoms with Crippen LogP contribution in [0.25, 0.3) is 0 Å². The number of methoxy groups -OCH3 is 4. The van der Waals surface area contributed by atoms with Gasteiger partial charge in [0.05, 0.1) is 54.9 Å². The second kappa shape index (κ2) is 12.1. The Morgan fingerprint density at radius 1 is 0.536 bits per heavy atom. The molecule has 28 heavy (non-hydrogen) atoms. The van der Waals surface area contributed by atoms with Gasteiger partial charge in [0.15, 0.2) is 0 Å². The zero-order valence-corrected chi connectivity index (χ0v) is 17.2. The van der Waals surface area contributed by atoms with E-state index in [1.807, 2.05) is 36.4 Å². The molecule has 0 radical (unpaired) electrons. The molecule has 0 unspecified atom stereocenters. The first-order chi connectivity index (χ1) is 13.7. The summed E-state index contributed by atoms with van der Waals surface area (Å²) in [5, 5.41) is 0.